The third-order valence-electron chi connectivity index (χ3n) is 5.39. The second-order valence-corrected chi connectivity index (χ2v) is 9.58. The Morgan fingerprint density at radius 1 is 0.853 bits per heavy atom. The highest BCUT2D eigenvalue weighted by atomic mass is 32.2. The molecule has 0 unspecified atom stereocenters. The molecule has 170 valence electrons. The van der Waals surface area contributed by atoms with E-state index in [0.29, 0.717) is 22.7 Å². The van der Waals surface area contributed by atoms with Crippen LogP contribution < -0.4 is 14.8 Å². The third kappa shape index (κ3) is 4.20. The lowest BCUT2D eigenvalue weighted by atomic mass is 10.00. The molecule has 1 aliphatic heterocycles. The Morgan fingerprint density at radius 3 is 2.38 bits per heavy atom. The highest BCUT2D eigenvalue weighted by molar-refractivity contribution is 7.92. The van der Waals surface area contributed by atoms with Crippen LogP contribution >= 0.6 is 0 Å². The molecule has 0 fully saturated rings. The minimum Gasteiger partial charge on any atom is -0.439 e. The SMILES string of the molecule is Cc1cccc(C)c1-c1cc2nc(n1)NS(=O)(=O)c1cccc(c1)NC(=O)c1cccc(c1)O2. The zero-order chi connectivity index (χ0) is 23.9. The van der Waals surface area contributed by atoms with E-state index in [1.54, 1.807) is 42.5 Å². The van der Waals surface area contributed by atoms with Gasteiger partial charge in [-0.2, -0.15) is 4.98 Å². The molecule has 9 heteroatoms. The lowest BCUT2D eigenvalue weighted by Crippen LogP contribution is -2.17. The van der Waals surface area contributed by atoms with Gasteiger partial charge in [-0.05, 0) is 61.4 Å². The van der Waals surface area contributed by atoms with Gasteiger partial charge in [0.25, 0.3) is 15.9 Å². The Bertz CT molecular complexity index is 1530. The van der Waals surface area contributed by atoms with Crippen molar-refractivity contribution in [1.29, 1.82) is 0 Å². The van der Waals surface area contributed by atoms with Crippen LogP contribution in [0.1, 0.15) is 21.5 Å². The lowest BCUT2D eigenvalue weighted by Gasteiger charge is -2.15. The molecule has 1 aliphatic rings. The van der Waals surface area contributed by atoms with Crippen molar-refractivity contribution in [2.24, 2.45) is 0 Å². The molecule has 0 radical (unpaired) electrons. The summed E-state index contributed by atoms with van der Waals surface area (Å²) in [6.07, 6.45) is 0. The van der Waals surface area contributed by atoms with E-state index < -0.39 is 15.9 Å². The van der Waals surface area contributed by atoms with E-state index in [2.05, 4.69) is 20.0 Å². The molecule has 34 heavy (non-hydrogen) atoms. The van der Waals surface area contributed by atoms with Crippen LogP contribution in [0.4, 0.5) is 11.6 Å². The van der Waals surface area contributed by atoms with Crippen LogP contribution in [0.3, 0.4) is 0 Å². The standard InChI is InChI=1S/C25H20N4O4S/c1-15-6-3-7-16(2)23(15)21-14-22-28-25(27-21)29-34(31,32)20-11-5-9-18(13-20)26-24(30)17-8-4-10-19(12-17)33-22/h3-14H,1-2H3,(H,26,30)(H,27,28,29). The smallest absolute Gasteiger partial charge is 0.264 e. The van der Waals surface area contributed by atoms with Gasteiger partial charge in [-0.25, -0.2) is 18.1 Å². The van der Waals surface area contributed by atoms with E-state index in [4.69, 9.17) is 4.74 Å². The number of fused-ring (bicyclic) bond motifs is 6. The molecule has 0 atom stereocenters. The summed E-state index contributed by atoms with van der Waals surface area (Å²) in [5.41, 5.74) is 3.99. The van der Waals surface area contributed by atoms with Crippen LogP contribution in [-0.4, -0.2) is 24.3 Å². The fraction of sp³-hybridized carbons (Fsp3) is 0.0800. The molecule has 5 rings (SSSR count). The first-order chi connectivity index (χ1) is 16.3. The summed E-state index contributed by atoms with van der Waals surface area (Å²) < 4.78 is 34.6. The highest BCUT2D eigenvalue weighted by Crippen LogP contribution is 2.31. The predicted molar refractivity (Wildman–Crippen MR) is 129 cm³/mol. The van der Waals surface area contributed by atoms with Crippen molar-refractivity contribution in [3.63, 3.8) is 0 Å². The Morgan fingerprint density at radius 2 is 1.59 bits per heavy atom. The first-order valence-electron chi connectivity index (χ1n) is 10.5. The molecule has 1 amide bonds. The van der Waals surface area contributed by atoms with Gasteiger partial charge >= 0.3 is 0 Å². The second kappa shape index (κ2) is 8.27. The van der Waals surface area contributed by atoms with Gasteiger partial charge in [-0.1, -0.05) is 30.3 Å². The number of carbonyl (C=O) groups is 1. The molecule has 1 aromatic heterocycles. The van der Waals surface area contributed by atoms with E-state index in [1.165, 1.54) is 12.1 Å². The van der Waals surface area contributed by atoms with Gasteiger partial charge in [0.2, 0.25) is 11.8 Å². The zero-order valence-corrected chi connectivity index (χ0v) is 19.2. The number of aryl methyl sites for hydroxylation is 2. The van der Waals surface area contributed by atoms with Crippen LogP contribution in [0.15, 0.2) is 77.7 Å². The average Bonchev–Trinajstić information content (AvgIpc) is 2.78. The Labute approximate surface area is 196 Å². The first-order valence-corrected chi connectivity index (χ1v) is 11.9. The summed E-state index contributed by atoms with van der Waals surface area (Å²) in [7, 11) is -4.05. The highest BCUT2D eigenvalue weighted by Gasteiger charge is 2.20. The Hall–Kier alpha value is -4.24. The third-order valence-corrected chi connectivity index (χ3v) is 6.71. The molecule has 4 aromatic rings. The molecule has 0 aliphatic carbocycles. The largest absolute Gasteiger partial charge is 0.439 e. The Balaban J connectivity index is 1.73. The van der Waals surface area contributed by atoms with Crippen LogP contribution in [0.25, 0.3) is 11.3 Å². The van der Waals surface area contributed by atoms with E-state index in [-0.39, 0.29) is 16.7 Å². The van der Waals surface area contributed by atoms with Gasteiger partial charge < -0.3 is 10.1 Å². The molecule has 2 N–H and O–H groups in total. The molecular weight excluding hydrogens is 452 g/mol. The van der Waals surface area contributed by atoms with E-state index >= 15 is 0 Å². The number of carbonyl (C=O) groups excluding carboxylic acids is 1. The molecule has 0 spiro atoms. The Kier molecular flexibility index (Phi) is 5.25. The summed E-state index contributed by atoms with van der Waals surface area (Å²) in [6, 6.07) is 20.1. The maximum Gasteiger partial charge on any atom is 0.264 e. The molecule has 8 nitrogen and oxygen atoms in total. The van der Waals surface area contributed by atoms with Gasteiger partial charge in [-0.3, -0.25) is 4.79 Å². The van der Waals surface area contributed by atoms with Crippen molar-refractivity contribution in [3.8, 4) is 22.9 Å². The predicted octanol–water partition coefficient (Wildman–Crippen LogP) is 4.92. The fourth-order valence-electron chi connectivity index (χ4n) is 3.81. The second-order valence-electron chi connectivity index (χ2n) is 7.90. The van der Waals surface area contributed by atoms with Crippen molar-refractivity contribution in [3.05, 3.63) is 89.5 Å². The number of anilines is 2. The first kappa shape index (κ1) is 21.6. The number of ether oxygens (including phenoxy) is 1. The van der Waals surface area contributed by atoms with E-state index in [0.717, 1.165) is 16.7 Å². The van der Waals surface area contributed by atoms with Gasteiger partial charge in [0.1, 0.15) is 5.75 Å². The average molecular weight is 473 g/mol. The summed E-state index contributed by atoms with van der Waals surface area (Å²) >= 11 is 0. The van der Waals surface area contributed by atoms with Gasteiger partial charge in [0, 0.05) is 22.9 Å². The molecule has 0 saturated heterocycles. The monoisotopic (exact) mass is 472 g/mol. The lowest BCUT2D eigenvalue weighted by molar-refractivity contribution is 0.102. The number of hydrogen-bond donors (Lipinski definition) is 2. The number of sulfonamides is 1. The van der Waals surface area contributed by atoms with E-state index in [9.17, 15) is 13.2 Å². The van der Waals surface area contributed by atoms with E-state index in [1.807, 2.05) is 32.0 Å². The molecule has 6 bridgehead atoms. The minimum atomic E-state index is -4.05. The van der Waals surface area contributed by atoms with Crippen molar-refractivity contribution < 1.29 is 17.9 Å². The van der Waals surface area contributed by atoms with Gasteiger partial charge in [0.15, 0.2) is 0 Å². The summed E-state index contributed by atoms with van der Waals surface area (Å²) in [6.45, 7) is 3.91. The molecule has 3 aromatic carbocycles. The number of amides is 1. The van der Waals surface area contributed by atoms with Gasteiger partial charge in [-0.15, -0.1) is 0 Å². The summed E-state index contributed by atoms with van der Waals surface area (Å²) in [4.78, 5) is 21.5. The van der Waals surface area contributed by atoms with Crippen molar-refractivity contribution in [2.75, 3.05) is 10.0 Å². The number of nitrogens with one attached hydrogen (secondary N) is 2. The quantitative estimate of drug-likeness (QED) is 0.407. The van der Waals surface area contributed by atoms with Crippen molar-refractivity contribution in [2.45, 2.75) is 18.7 Å². The van der Waals surface area contributed by atoms with Crippen molar-refractivity contribution >= 4 is 27.6 Å². The fourth-order valence-corrected chi connectivity index (χ4v) is 4.80. The van der Waals surface area contributed by atoms with Crippen LogP contribution in [0, 0.1) is 13.8 Å². The summed E-state index contributed by atoms with van der Waals surface area (Å²) in [5.74, 6) is -0.0189. The number of nitrogens with zero attached hydrogens (tertiary/aromatic N) is 2. The normalized spacial score (nSPS) is 14.2. The number of hydrogen-bond acceptors (Lipinski definition) is 6. The van der Waals surface area contributed by atoms with Crippen LogP contribution in [0.5, 0.6) is 11.6 Å². The van der Waals surface area contributed by atoms with Crippen LogP contribution in [0.2, 0.25) is 0 Å². The van der Waals surface area contributed by atoms with Gasteiger partial charge in [0.05, 0.1) is 10.6 Å². The van der Waals surface area contributed by atoms with Crippen molar-refractivity contribution in [1.82, 2.24) is 9.97 Å². The molecule has 2 heterocycles. The minimum absolute atomic E-state index is 0.0420. The maximum absolute atomic E-state index is 13.1. The molecule has 0 saturated carbocycles. The summed E-state index contributed by atoms with van der Waals surface area (Å²) in [5, 5.41) is 2.71. The number of benzene rings is 3. The zero-order valence-electron chi connectivity index (χ0n) is 18.4. The number of aromatic nitrogens is 2. The van der Waals surface area contributed by atoms with Crippen LogP contribution in [-0.2, 0) is 10.0 Å². The maximum atomic E-state index is 13.1. The number of rotatable bonds is 1. The topological polar surface area (TPSA) is 110 Å². The molecular formula is C25H20N4O4S.